The lowest BCUT2D eigenvalue weighted by Crippen LogP contribution is -2.25. The minimum atomic E-state index is -0.528. The third kappa shape index (κ3) is 9.76. The summed E-state index contributed by atoms with van der Waals surface area (Å²) in [4.78, 5) is 22.7. The SMILES string of the molecule is C=CC[C@H](/C=C/C[C@@H](CC(OC)OC)OC(=O)C=C)OC(=O)C=C. The van der Waals surface area contributed by atoms with E-state index in [4.69, 9.17) is 18.9 Å². The molecule has 0 aliphatic rings. The summed E-state index contributed by atoms with van der Waals surface area (Å²) < 4.78 is 20.7. The highest BCUT2D eigenvalue weighted by Gasteiger charge is 2.18. The lowest BCUT2D eigenvalue weighted by molar-refractivity contribution is -0.154. The Bertz CT molecular complexity index is 450. The van der Waals surface area contributed by atoms with Crippen molar-refractivity contribution < 1.29 is 28.5 Å². The van der Waals surface area contributed by atoms with Gasteiger partial charge >= 0.3 is 11.9 Å². The van der Waals surface area contributed by atoms with E-state index in [9.17, 15) is 9.59 Å². The van der Waals surface area contributed by atoms with Gasteiger partial charge < -0.3 is 18.9 Å². The van der Waals surface area contributed by atoms with E-state index in [2.05, 4.69) is 19.7 Å². The molecule has 6 nitrogen and oxygen atoms in total. The molecule has 0 unspecified atom stereocenters. The first kappa shape index (κ1) is 21.8. The number of rotatable bonds is 13. The number of methoxy groups -OCH3 is 2. The Hall–Kier alpha value is -2.18. The molecule has 0 heterocycles. The van der Waals surface area contributed by atoms with Crippen molar-refractivity contribution in [2.24, 2.45) is 0 Å². The summed E-state index contributed by atoms with van der Waals surface area (Å²) >= 11 is 0. The zero-order chi connectivity index (χ0) is 18.4. The maximum atomic E-state index is 11.4. The van der Waals surface area contributed by atoms with Crippen LogP contribution in [0.25, 0.3) is 0 Å². The number of carbonyl (C=O) groups excluding carboxylic acids is 2. The van der Waals surface area contributed by atoms with Crippen LogP contribution in [0.5, 0.6) is 0 Å². The highest BCUT2D eigenvalue weighted by molar-refractivity contribution is 5.81. The van der Waals surface area contributed by atoms with Crippen LogP contribution in [0.3, 0.4) is 0 Å². The Morgan fingerprint density at radius 2 is 1.54 bits per heavy atom. The molecular formula is C18H26O6. The standard InChI is InChI=1S/C18H26O6/c1-6-10-14(23-16(19)7-2)11-9-12-15(24-17(20)8-3)13-18(21-4)22-5/h6-9,11,14-15,18H,1-3,10,12-13H2,4-5H3/b11-9+/t14-,15+/m1/s1. The summed E-state index contributed by atoms with van der Waals surface area (Å²) in [6, 6.07) is 0. The number of esters is 2. The molecule has 24 heavy (non-hydrogen) atoms. The van der Waals surface area contributed by atoms with Gasteiger partial charge in [-0.1, -0.05) is 25.3 Å². The smallest absolute Gasteiger partial charge is 0.330 e. The van der Waals surface area contributed by atoms with Crippen molar-refractivity contribution in [3.05, 3.63) is 50.1 Å². The van der Waals surface area contributed by atoms with Gasteiger partial charge in [-0.25, -0.2) is 9.59 Å². The van der Waals surface area contributed by atoms with Gasteiger partial charge in [0.25, 0.3) is 0 Å². The van der Waals surface area contributed by atoms with E-state index in [1.165, 1.54) is 14.2 Å². The molecule has 0 fully saturated rings. The first-order valence-electron chi connectivity index (χ1n) is 7.49. The van der Waals surface area contributed by atoms with Crippen molar-refractivity contribution in [2.45, 2.75) is 37.8 Å². The van der Waals surface area contributed by atoms with Gasteiger partial charge in [0.15, 0.2) is 6.29 Å². The Morgan fingerprint density at radius 3 is 2.04 bits per heavy atom. The van der Waals surface area contributed by atoms with Crippen LogP contribution in [0.1, 0.15) is 19.3 Å². The Labute approximate surface area is 143 Å². The van der Waals surface area contributed by atoms with Crippen LogP contribution in [-0.4, -0.2) is 44.7 Å². The van der Waals surface area contributed by atoms with E-state index in [1.807, 2.05) is 0 Å². The van der Waals surface area contributed by atoms with Crippen LogP contribution in [0.15, 0.2) is 50.1 Å². The molecule has 0 aliphatic carbocycles. The molecule has 0 aromatic rings. The lowest BCUT2D eigenvalue weighted by atomic mass is 10.1. The minimum absolute atomic E-state index is 0.357. The number of carbonyl (C=O) groups is 2. The molecular weight excluding hydrogens is 312 g/mol. The molecule has 0 amide bonds. The second-order valence-corrected chi connectivity index (χ2v) is 4.77. The first-order chi connectivity index (χ1) is 11.5. The molecule has 0 N–H and O–H groups in total. The lowest BCUT2D eigenvalue weighted by Gasteiger charge is -2.20. The fourth-order valence-electron chi connectivity index (χ4n) is 1.82. The highest BCUT2D eigenvalue weighted by atomic mass is 16.7. The summed E-state index contributed by atoms with van der Waals surface area (Å²) in [6.45, 7) is 10.4. The van der Waals surface area contributed by atoms with E-state index < -0.39 is 30.4 Å². The molecule has 0 rings (SSSR count). The minimum Gasteiger partial charge on any atom is -0.459 e. The molecule has 0 saturated carbocycles. The van der Waals surface area contributed by atoms with Gasteiger partial charge in [0, 0.05) is 45.6 Å². The van der Waals surface area contributed by atoms with Gasteiger partial charge in [0.1, 0.15) is 12.2 Å². The van der Waals surface area contributed by atoms with Crippen LogP contribution in [-0.2, 0) is 28.5 Å². The second kappa shape index (κ2) is 13.3. The number of hydrogen-bond donors (Lipinski definition) is 0. The van der Waals surface area contributed by atoms with Gasteiger partial charge in [-0.3, -0.25) is 0 Å². The largest absolute Gasteiger partial charge is 0.459 e. The summed E-state index contributed by atoms with van der Waals surface area (Å²) in [5.74, 6) is -1.04. The molecule has 2 atom stereocenters. The summed E-state index contributed by atoms with van der Waals surface area (Å²) in [5, 5.41) is 0. The van der Waals surface area contributed by atoms with E-state index in [0.717, 1.165) is 12.2 Å². The maximum absolute atomic E-state index is 11.4. The summed E-state index contributed by atoms with van der Waals surface area (Å²) in [5.41, 5.74) is 0. The number of ether oxygens (including phenoxy) is 4. The third-order valence-electron chi connectivity index (χ3n) is 3.01. The summed E-state index contributed by atoms with van der Waals surface area (Å²) in [6.07, 6.45) is 7.14. The Balaban J connectivity index is 4.80. The zero-order valence-electron chi connectivity index (χ0n) is 14.3. The van der Waals surface area contributed by atoms with Crippen molar-refractivity contribution in [2.75, 3.05) is 14.2 Å². The van der Waals surface area contributed by atoms with Crippen LogP contribution < -0.4 is 0 Å². The normalized spacial score (nSPS) is 13.3. The molecule has 0 saturated heterocycles. The van der Waals surface area contributed by atoms with Crippen molar-refractivity contribution in [3.63, 3.8) is 0 Å². The predicted octanol–water partition coefficient (Wildman–Crippen LogP) is 2.71. The fourth-order valence-corrected chi connectivity index (χ4v) is 1.82. The maximum Gasteiger partial charge on any atom is 0.330 e. The predicted molar refractivity (Wildman–Crippen MR) is 91.1 cm³/mol. The van der Waals surface area contributed by atoms with E-state index in [1.54, 1.807) is 18.2 Å². The van der Waals surface area contributed by atoms with Crippen LogP contribution in [0.4, 0.5) is 0 Å². The molecule has 0 aromatic heterocycles. The van der Waals surface area contributed by atoms with Crippen LogP contribution in [0.2, 0.25) is 0 Å². The van der Waals surface area contributed by atoms with E-state index >= 15 is 0 Å². The van der Waals surface area contributed by atoms with Gasteiger partial charge in [0.05, 0.1) is 0 Å². The van der Waals surface area contributed by atoms with Gasteiger partial charge in [-0.2, -0.15) is 0 Å². The van der Waals surface area contributed by atoms with Gasteiger partial charge in [-0.15, -0.1) is 6.58 Å². The Morgan fingerprint density at radius 1 is 0.958 bits per heavy atom. The van der Waals surface area contributed by atoms with E-state index in [0.29, 0.717) is 19.3 Å². The quantitative estimate of drug-likeness (QED) is 0.223. The van der Waals surface area contributed by atoms with Crippen molar-refractivity contribution in [3.8, 4) is 0 Å². The molecule has 134 valence electrons. The summed E-state index contributed by atoms with van der Waals surface area (Å²) in [7, 11) is 3.01. The molecule has 0 spiro atoms. The van der Waals surface area contributed by atoms with Gasteiger partial charge in [0.2, 0.25) is 0 Å². The molecule has 0 bridgehead atoms. The highest BCUT2D eigenvalue weighted by Crippen LogP contribution is 2.13. The second-order valence-electron chi connectivity index (χ2n) is 4.77. The number of hydrogen-bond acceptors (Lipinski definition) is 6. The monoisotopic (exact) mass is 338 g/mol. The molecule has 6 heteroatoms. The van der Waals surface area contributed by atoms with Crippen LogP contribution in [0, 0.1) is 0 Å². The van der Waals surface area contributed by atoms with Gasteiger partial charge in [-0.05, 0) is 6.08 Å². The molecule has 0 aliphatic heterocycles. The van der Waals surface area contributed by atoms with Crippen molar-refractivity contribution in [1.82, 2.24) is 0 Å². The van der Waals surface area contributed by atoms with Crippen LogP contribution >= 0.6 is 0 Å². The topological polar surface area (TPSA) is 71.1 Å². The molecule has 0 radical (unpaired) electrons. The zero-order valence-corrected chi connectivity index (χ0v) is 14.3. The van der Waals surface area contributed by atoms with E-state index in [-0.39, 0.29) is 0 Å². The first-order valence-corrected chi connectivity index (χ1v) is 7.49. The molecule has 0 aromatic carbocycles. The average Bonchev–Trinajstić information content (AvgIpc) is 2.58. The fraction of sp³-hybridized carbons (Fsp3) is 0.444. The van der Waals surface area contributed by atoms with Crippen molar-refractivity contribution in [1.29, 1.82) is 0 Å². The average molecular weight is 338 g/mol. The third-order valence-corrected chi connectivity index (χ3v) is 3.01. The van der Waals surface area contributed by atoms with Crippen molar-refractivity contribution >= 4 is 11.9 Å². The Kier molecular flexibility index (Phi) is 12.1.